The first-order valence-electron chi connectivity index (χ1n) is 4.01. The first-order chi connectivity index (χ1) is 6.07. The van der Waals surface area contributed by atoms with Gasteiger partial charge in [-0.25, -0.2) is 0 Å². The first-order valence-corrected chi connectivity index (χ1v) is 4.80. The molecule has 1 heterocycles. The van der Waals surface area contributed by atoms with Gasteiger partial charge in [-0.1, -0.05) is 0 Å². The maximum absolute atomic E-state index is 11.5. The third kappa shape index (κ3) is 2.00. The topological polar surface area (TPSA) is 42.2 Å². The quantitative estimate of drug-likeness (QED) is 0.830. The molecule has 0 aromatic carbocycles. The fourth-order valence-corrected chi connectivity index (χ4v) is 1.41. The van der Waals surface area contributed by atoms with Gasteiger partial charge in [-0.3, -0.25) is 4.79 Å². The molecule has 13 heavy (non-hydrogen) atoms. The maximum atomic E-state index is 11.5. The van der Waals surface area contributed by atoms with Crippen molar-refractivity contribution in [3.8, 4) is 0 Å². The van der Waals surface area contributed by atoms with Crippen LogP contribution in [0.5, 0.6) is 0 Å². The number of nitrogens with one attached hydrogen (secondary N) is 1. The molecular formula is C9H12BrNO2. The number of rotatable bonds is 3. The minimum atomic E-state index is -0.0196. The van der Waals surface area contributed by atoms with Crippen molar-refractivity contribution in [2.75, 3.05) is 13.6 Å². The van der Waals surface area contributed by atoms with Crippen molar-refractivity contribution in [2.24, 2.45) is 0 Å². The third-order valence-electron chi connectivity index (χ3n) is 1.82. The minimum absolute atomic E-state index is 0.0196. The summed E-state index contributed by atoms with van der Waals surface area (Å²) in [6.45, 7) is 4.00. The van der Waals surface area contributed by atoms with Crippen molar-refractivity contribution < 1.29 is 9.21 Å². The van der Waals surface area contributed by atoms with Crippen LogP contribution in [0.4, 0.5) is 0 Å². The molecule has 1 rings (SSSR count). The molecule has 0 atom stereocenters. The lowest BCUT2D eigenvalue weighted by atomic mass is 10.2. The van der Waals surface area contributed by atoms with Crippen molar-refractivity contribution in [3.63, 3.8) is 0 Å². The summed E-state index contributed by atoms with van der Waals surface area (Å²) in [5.41, 5.74) is 0.873. The molecule has 0 bridgehead atoms. The highest BCUT2D eigenvalue weighted by Gasteiger charge is 2.17. The van der Waals surface area contributed by atoms with Gasteiger partial charge in [0.1, 0.15) is 5.76 Å². The van der Waals surface area contributed by atoms with Gasteiger partial charge in [0.15, 0.2) is 5.76 Å². The summed E-state index contributed by atoms with van der Waals surface area (Å²) in [6, 6.07) is 0. The zero-order chi connectivity index (χ0) is 10.0. The molecule has 1 aromatic rings. The Morgan fingerprint density at radius 2 is 2.15 bits per heavy atom. The Kier molecular flexibility index (Phi) is 3.27. The molecule has 3 nitrogen and oxygen atoms in total. The van der Waals surface area contributed by atoms with Crippen molar-refractivity contribution in [2.45, 2.75) is 13.8 Å². The molecule has 0 aliphatic carbocycles. The molecule has 4 heteroatoms. The molecular weight excluding hydrogens is 234 g/mol. The highest BCUT2D eigenvalue weighted by Crippen LogP contribution is 2.26. The lowest BCUT2D eigenvalue weighted by molar-refractivity contribution is 0.0965. The summed E-state index contributed by atoms with van der Waals surface area (Å²) >= 11 is 3.35. The summed E-state index contributed by atoms with van der Waals surface area (Å²) < 4.78 is 6.20. The summed E-state index contributed by atoms with van der Waals surface area (Å²) in [5, 5.41) is 2.80. The Bertz CT molecular complexity index is 331. The summed E-state index contributed by atoms with van der Waals surface area (Å²) in [5.74, 6) is 1.17. The Morgan fingerprint density at radius 1 is 1.54 bits per heavy atom. The van der Waals surface area contributed by atoms with Gasteiger partial charge in [-0.05, 0) is 36.8 Å². The van der Waals surface area contributed by atoms with Gasteiger partial charge in [-0.2, -0.15) is 0 Å². The molecule has 1 N–H and O–H groups in total. The second kappa shape index (κ2) is 4.07. The van der Waals surface area contributed by atoms with E-state index in [9.17, 15) is 4.79 Å². The van der Waals surface area contributed by atoms with Crippen LogP contribution in [0.1, 0.15) is 21.9 Å². The lowest BCUT2D eigenvalue weighted by Gasteiger charge is -1.96. The van der Waals surface area contributed by atoms with E-state index < -0.39 is 0 Å². The number of carbonyl (C=O) groups is 1. The van der Waals surface area contributed by atoms with Crippen LogP contribution >= 0.6 is 15.9 Å². The van der Waals surface area contributed by atoms with E-state index in [-0.39, 0.29) is 5.78 Å². The molecule has 1 aromatic heterocycles. The fourth-order valence-electron chi connectivity index (χ4n) is 1.15. The van der Waals surface area contributed by atoms with Crippen LogP contribution in [0, 0.1) is 13.8 Å². The average Bonchev–Trinajstić information content (AvgIpc) is 2.33. The van der Waals surface area contributed by atoms with Gasteiger partial charge < -0.3 is 9.73 Å². The minimum Gasteiger partial charge on any atom is -0.457 e. The number of aryl methyl sites for hydroxylation is 1. The van der Waals surface area contributed by atoms with Gasteiger partial charge >= 0.3 is 0 Å². The second-order valence-corrected chi connectivity index (χ2v) is 3.67. The highest BCUT2D eigenvalue weighted by molar-refractivity contribution is 9.10. The van der Waals surface area contributed by atoms with Crippen LogP contribution in [0.2, 0.25) is 0 Å². The number of Topliss-reactive ketones (excluding diaryl/α,β-unsaturated/α-hetero) is 1. The van der Waals surface area contributed by atoms with Gasteiger partial charge in [0.25, 0.3) is 0 Å². The first kappa shape index (κ1) is 10.5. The summed E-state index contributed by atoms with van der Waals surface area (Å²) in [4.78, 5) is 11.5. The summed E-state index contributed by atoms with van der Waals surface area (Å²) in [6.07, 6.45) is 0. The van der Waals surface area contributed by atoms with E-state index in [2.05, 4.69) is 21.2 Å². The van der Waals surface area contributed by atoms with Crippen LogP contribution in [0.15, 0.2) is 8.89 Å². The van der Waals surface area contributed by atoms with Crippen molar-refractivity contribution in [3.05, 3.63) is 21.6 Å². The number of hydrogen-bond acceptors (Lipinski definition) is 3. The molecule has 0 amide bonds. The van der Waals surface area contributed by atoms with Crippen LogP contribution in [-0.2, 0) is 0 Å². The van der Waals surface area contributed by atoms with E-state index in [0.29, 0.717) is 12.3 Å². The number of ketones is 1. The van der Waals surface area contributed by atoms with Gasteiger partial charge in [-0.15, -0.1) is 0 Å². The standard InChI is InChI=1S/C9H12BrNO2/c1-5-8(10)6(2)13-9(5)7(12)4-11-3/h11H,4H2,1-3H3. The Hall–Kier alpha value is -0.610. The number of hydrogen-bond donors (Lipinski definition) is 1. The van der Waals surface area contributed by atoms with Crippen LogP contribution < -0.4 is 5.32 Å². The van der Waals surface area contributed by atoms with E-state index in [4.69, 9.17) is 4.42 Å². The Morgan fingerprint density at radius 3 is 2.54 bits per heavy atom. The van der Waals surface area contributed by atoms with E-state index in [1.165, 1.54) is 0 Å². The van der Waals surface area contributed by atoms with Crippen LogP contribution in [-0.4, -0.2) is 19.4 Å². The molecule has 0 aliphatic rings. The van der Waals surface area contributed by atoms with Crippen LogP contribution in [0.3, 0.4) is 0 Å². The zero-order valence-corrected chi connectivity index (χ0v) is 9.49. The average molecular weight is 246 g/mol. The molecule has 0 fully saturated rings. The summed E-state index contributed by atoms with van der Waals surface area (Å²) in [7, 11) is 1.73. The van der Waals surface area contributed by atoms with Crippen LogP contribution in [0.25, 0.3) is 0 Å². The zero-order valence-electron chi connectivity index (χ0n) is 7.90. The van der Waals surface area contributed by atoms with E-state index >= 15 is 0 Å². The van der Waals surface area contributed by atoms with E-state index in [1.54, 1.807) is 7.05 Å². The predicted octanol–water partition coefficient (Wildman–Crippen LogP) is 2.06. The highest BCUT2D eigenvalue weighted by atomic mass is 79.9. The van der Waals surface area contributed by atoms with Gasteiger partial charge in [0.2, 0.25) is 5.78 Å². The third-order valence-corrected chi connectivity index (χ3v) is 2.98. The second-order valence-electron chi connectivity index (χ2n) is 2.88. The van der Waals surface area contributed by atoms with Crippen molar-refractivity contribution in [1.82, 2.24) is 5.32 Å². The number of halogens is 1. The molecule has 0 aliphatic heterocycles. The monoisotopic (exact) mass is 245 g/mol. The molecule has 0 saturated carbocycles. The van der Waals surface area contributed by atoms with Crippen molar-refractivity contribution in [1.29, 1.82) is 0 Å². The molecule has 0 unspecified atom stereocenters. The smallest absolute Gasteiger partial charge is 0.211 e. The lowest BCUT2D eigenvalue weighted by Crippen LogP contribution is -2.18. The largest absolute Gasteiger partial charge is 0.457 e. The van der Waals surface area contributed by atoms with Gasteiger partial charge in [0.05, 0.1) is 11.0 Å². The van der Waals surface area contributed by atoms with Crippen molar-refractivity contribution >= 4 is 21.7 Å². The van der Waals surface area contributed by atoms with Gasteiger partial charge in [0, 0.05) is 5.56 Å². The molecule has 0 radical (unpaired) electrons. The Balaban J connectivity index is 3.01. The molecule has 0 spiro atoms. The number of carbonyl (C=O) groups excluding carboxylic acids is 1. The number of furan rings is 1. The normalized spacial score (nSPS) is 10.5. The Labute approximate surface area is 85.6 Å². The van der Waals surface area contributed by atoms with E-state index in [0.717, 1.165) is 15.8 Å². The SMILES string of the molecule is CNCC(=O)c1oc(C)c(Br)c1C. The van der Waals surface area contributed by atoms with E-state index in [1.807, 2.05) is 13.8 Å². The maximum Gasteiger partial charge on any atom is 0.211 e. The molecule has 72 valence electrons. The molecule has 0 saturated heterocycles. The predicted molar refractivity (Wildman–Crippen MR) is 54.1 cm³/mol. The number of likely N-dealkylation sites (N-methyl/N-ethyl adjacent to an activating group) is 1. The fraction of sp³-hybridized carbons (Fsp3) is 0.444.